The minimum Gasteiger partial charge on any atom is -0.248 e. The lowest BCUT2D eigenvalue weighted by atomic mass is 9.86. The summed E-state index contributed by atoms with van der Waals surface area (Å²) in [7, 11) is 0. The highest BCUT2D eigenvalue weighted by Gasteiger charge is 2.18. The number of rotatable bonds is 3. The van der Waals surface area contributed by atoms with Crippen molar-refractivity contribution in [2.45, 2.75) is 13.8 Å². The smallest absolute Gasteiger partial charge is 0.0716 e. The van der Waals surface area contributed by atoms with Gasteiger partial charge in [0.25, 0.3) is 0 Å². The van der Waals surface area contributed by atoms with E-state index in [9.17, 15) is 0 Å². The molecular formula is C32H24N2. The monoisotopic (exact) mass is 436 g/mol. The molecule has 2 heteroatoms. The predicted molar refractivity (Wildman–Crippen MR) is 143 cm³/mol. The number of aromatic nitrogens is 2. The van der Waals surface area contributed by atoms with Crippen molar-refractivity contribution in [3.8, 4) is 33.6 Å². The highest BCUT2D eigenvalue weighted by Crippen LogP contribution is 2.41. The van der Waals surface area contributed by atoms with Crippen LogP contribution in [0.2, 0.25) is 0 Å². The summed E-state index contributed by atoms with van der Waals surface area (Å²) in [5, 5.41) is 2.30. The maximum Gasteiger partial charge on any atom is 0.0716 e. The largest absolute Gasteiger partial charge is 0.248 e. The predicted octanol–water partition coefficient (Wildman–Crippen LogP) is 8.40. The summed E-state index contributed by atoms with van der Waals surface area (Å²) < 4.78 is 0. The van der Waals surface area contributed by atoms with Gasteiger partial charge < -0.3 is 0 Å². The van der Waals surface area contributed by atoms with Gasteiger partial charge in [0, 0.05) is 21.9 Å². The summed E-state index contributed by atoms with van der Waals surface area (Å²) >= 11 is 0. The van der Waals surface area contributed by atoms with Crippen molar-refractivity contribution < 1.29 is 0 Å². The fourth-order valence-electron chi connectivity index (χ4n) is 4.86. The van der Waals surface area contributed by atoms with Gasteiger partial charge in [-0.3, -0.25) is 0 Å². The Kier molecular flexibility index (Phi) is 4.92. The van der Waals surface area contributed by atoms with Gasteiger partial charge in [-0.25, -0.2) is 9.97 Å². The SMILES string of the molecule is Cc1cccc(-c2ccc3ccccc3n2)c1-c1c(C)cccc1-c1ccc2ccccc2n1. The van der Waals surface area contributed by atoms with Crippen LogP contribution < -0.4 is 0 Å². The van der Waals surface area contributed by atoms with Crippen LogP contribution >= 0.6 is 0 Å². The van der Waals surface area contributed by atoms with Gasteiger partial charge in [-0.2, -0.15) is 0 Å². The van der Waals surface area contributed by atoms with Crippen LogP contribution in [-0.2, 0) is 0 Å². The standard InChI is InChI=1S/C32H24N2/c1-21-9-7-13-25(29-19-17-23-11-3-5-15-27(23)33-29)31(21)32-22(2)10-8-14-26(32)30-20-18-24-12-4-6-16-28(24)34-30/h3-20H,1-2H3. The van der Waals surface area contributed by atoms with Crippen molar-refractivity contribution in [3.63, 3.8) is 0 Å². The van der Waals surface area contributed by atoms with E-state index in [1.165, 1.54) is 22.3 Å². The topological polar surface area (TPSA) is 25.8 Å². The van der Waals surface area contributed by atoms with Crippen LogP contribution in [-0.4, -0.2) is 9.97 Å². The second-order valence-electron chi connectivity index (χ2n) is 8.77. The molecule has 6 rings (SSSR count). The molecule has 0 unspecified atom stereocenters. The van der Waals surface area contributed by atoms with Gasteiger partial charge in [0.1, 0.15) is 0 Å². The first kappa shape index (κ1) is 20.3. The number of nitrogens with zero attached hydrogens (tertiary/aromatic N) is 2. The van der Waals surface area contributed by atoms with E-state index in [1.807, 2.05) is 12.1 Å². The fourth-order valence-corrected chi connectivity index (χ4v) is 4.86. The Morgan fingerprint density at radius 3 is 1.32 bits per heavy atom. The lowest BCUT2D eigenvalue weighted by Gasteiger charge is -2.19. The highest BCUT2D eigenvalue weighted by molar-refractivity contribution is 5.95. The number of hydrogen-bond donors (Lipinski definition) is 0. The highest BCUT2D eigenvalue weighted by atomic mass is 14.7. The molecule has 0 saturated carbocycles. The first-order chi connectivity index (χ1) is 16.7. The summed E-state index contributed by atoms with van der Waals surface area (Å²) in [6.07, 6.45) is 0. The molecule has 0 aliphatic carbocycles. The van der Waals surface area contributed by atoms with E-state index in [1.54, 1.807) is 0 Å². The zero-order valence-corrected chi connectivity index (χ0v) is 19.3. The van der Waals surface area contributed by atoms with Crippen LogP contribution in [0.25, 0.3) is 55.4 Å². The lowest BCUT2D eigenvalue weighted by molar-refractivity contribution is 1.34. The van der Waals surface area contributed by atoms with Crippen LogP contribution in [0.15, 0.2) is 109 Å². The van der Waals surface area contributed by atoms with Crippen molar-refractivity contribution >= 4 is 21.8 Å². The van der Waals surface area contributed by atoms with E-state index in [0.717, 1.165) is 44.3 Å². The van der Waals surface area contributed by atoms with Crippen LogP contribution in [0.5, 0.6) is 0 Å². The Morgan fingerprint density at radius 2 is 0.853 bits per heavy atom. The number of para-hydroxylation sites is 2. The molecule has 0 atom stereocenters. The molecule has 2 heterocycles. The molecule has 6 aromatic rings. The van der Waals surface area contributed by atoms with Crippen molar-refractivity contribution in [2.24, 2.45) is 0 Å². The summed E-state index contributed by atoms with van der Waals surface area (Å²) in [5.41, 5.74) is 11.1. The molecule has 162 valence electrons. The Hall–Kier alpha value is -4.30. The number of aryl methyl sites for hydroxylation is 2. The number of hydrogen-bond acceptors (Lipinski definition) is 2. The molecular weight excluding hydrogens is 412 g/mol. The molecule has 2 nitrogen and oxygen atoms in total. The van der Waals surface area contributed by atoms with Crippen LogP contribution in [0.1, 0.15) is 11.1 Å². The molecule has 0 saturated heterocycles. The van der Waals surface area contributed by atoms with Gasteiger partial charge in [0.05, 0.1) is 22.4 Å². The van der Waals surface area contributed by atoms with Crippen LogP contribution in [0, 0.1) is 13.8 Å². The maximum absolute atomic E-state index is 5.03. The molecule has 0 N–H and O–H groups in total. The van der Waals surface area contributed by atoms with Crippen molar-refractivity contribution in [3.05, 3.63) is 120 Å². The van der Waals surface area contributed by atoms with Gasteiger partial charge in [-0.05, 0) is 60.4 Å². The normalized spacial score (nSPS) is 11.2. The zero-order chi connectivity index (χ0) is 23.1. The van der Waals surface area contributed by atoms with E-state index >= 15 is 0 Å². The molecule has 0 aliphatic rings. The van der Waals surface area contributed by atoms with E-state index in [2.05, 4.69) is 111 Å². The van der Waals surface area contributed by atoms with Crippen molar-refractivity contribution in [1.82, 2.24) is 9.97 Å². The summed E-state index contributed by atoms with van der Waals surface area (Å²) in [6, 6.07) is 38.1. The minimum atomic E-state index is 0.984. The maximum atomic E-state index is 5.03. The fraction of sp³-hybridized carbons (Fsp3) is 0.0625. The number of benzene rings is 4. The van der Waals surface area contributed by atoms with Gasteiger partial charge in [0.15, 0.2) is 0 Å². The van der Waals surface area contributed by atoms with Crippen LogP contribution in [0.4, 0.5) is 0 Å². The average Bonchev–Trinajstić information content (AvgIpc) is 2.88. The summed E-state index contributed by atoms with van der Waals surface area (Å²) in [6.45, 7) is 4.37. The first-order valence-electron chi connectivity index (χ1n) is 11.6. The molecule has 34 heavy (non-hydrogen) atoms. The summed E-state index contributed by atoms with van der Waals surface area (Å²) in [5.74, 6) is 0. The molecule has 0 fully saturated rings. The van der Waals surface area contributed by atoms with Crippen molar-refractivity contribution in [1.29, 1.82) is 0 Å². The molecule has 0 spiro atoms. The van der Waals surface area contributed by atoms with Gasteiger partial charge in [-0.1, -0.05) is 84.9 Å². The third-order valence-corrected chi connectivity index (χ3v) is 6.54. The van der Waals surface area contributed by atoms with E-state index in [-0.39, 0.29) is 0 Å². The molecule has 0 amide bonds. The van der Waals surface area contributed by atoms with Gasteiger partial charge in [-0.15, -0.1) is 0 Å². The van der Waals surface area contributed by atoms with Gasteiger partial charge in [0.2, 0.25) is 0 Å². The van der Waals surface area contributed by atoms with Crippen molar-refractivity contribution in [2.75, 3.05) is 0 Å². The van der Waals surface area contributed by atoms with E-state index in [0.29, 0.717) is 0 Å². The van der Waals surface area contributed by atoms with Crippen LogP contribution in [0.3, 0.4) is 0 Å². The van der Waals surface area contributed by atoms with E-state index in [4.69, 9.17) is 9.97 Å². The molecule has 2 aromatic heterocycles. The molecule has 4 aromatic carbocycles. The zero-order valence-electron chi connectivity index (χ0n) is 19.3. The molecule has 0 aliphatic heterocycles. The molecule has 0 radical (unpaired) electrons. The third kappa shape index (κ3) is 3.45. The third-order valence-electron chi connectivity index (χ3n) is 6.54. The number of fused-ring (bicyclic) bond motifs is 2. The minimum absolute atomic E-state index is 0.984. The van der Waals surface area contributed by atoms with E-state index < -0.39 is 0 Å². The Morgan fingerprint density at radius 1 is 0.412 bits per heavy atom. The van der Waals surface area contributed by atoms with Gasteiger partial charge >= 0.3 is 0 Å². The Balaban J connectivity index is 1.61. The Labute approximate surface area is 199 Å². The lowest BCUT2D eigenvalue weighted by Crippen LogP contribution is -1.97. The number of pyridine rings is 2. The summed E-state index contributed by atoms with van der Waals surface area (Å²) in [4.78, 5) is 10.1. The average molecular weight is 437 g/mol. The second kappa shape index (κ2) is 8.24. The second-order valence-corrected chi connectivity index (χ2v) is 8.77. The quantitative estimate of drug-likeness (QED) is 0.278. The first-order valence-corrected chi connectivity index (χ1v) is 11.6. The molecule has 0 bridgehead atoms. The Bertz CT molecular complexity index is 1550.